The van der Waals surface area contributed by atoms with Gasteiger partial charge in [-0.3, -0.25) is 0 Å². The molecule has 0 spiro atoms. The zero-order valence-corrected chi connectivity index (χ0v) is 12.1. The standard InChI is InChI=1S/C15H26N2O/c1-5-18-9-8-17(4)11-15(16)14-10-12(2)6-7-13(14)3/h6-7,10,15H,5,8-9,11,16H2,1-4H3. The van der Waals surface area contributed by atoms with Crippen LogP contribution >= 0.6 is 0 Å². The van der Waals surface area contributed by atoms with Crippen molar-refractivity contribution >= 4 is 0 Å². The molecule has 18 heavy (non-hydrogen) atoms. The third kappa shape index (κ3) is 4.77. The summed E-state index contributed by atoms with van der Waals surface area (Å²) < 4.78 is 5.35. The molecule has 0 aliphatic rings. The van der Waals surface area contributed by atoms with Gasteiger partial charge in [-0.1, -0.05) is 23.8 Å². The maximum atomic E-state index is 6.29. The molecule has 0 saturated carbocycles. The van der Waals surface area contributed by atoms with Crippen molar-refractivity contribution in [2.24, 2.45) is 5.73 Å². The van der Waals surface area contributed by atoms with Gasteiger partial charge in [0.2, 0.25) is 0 Å². The first-order valence-electron chi connectivity index (χ1n) is 6.63. The number of nitrogens with two attached hydrogens (primary N) is 1. The molecule has 102 valence electrons. The van der Waals surface area contributed by atoms with Gasteiger partial charge >= 0.3 is 0 Å². The molecule has 0 aliphatic carbocycles. The van der Waals surface area contributed by atoms with E-state index in [2.05, 4.69) is 44.0 Å². The van der Waals surface area contributed by atoms with Crippen LogP contribution in [-0.4, -0.2) is 38.3 Å². The van der Waals surface area contributed by atoms with E-state index in [-0.39, 0.29) is 6.04 Å². The predicted molar refractivity (Wildman–Crippen MR) is 76.8 cm³/mol. The average molecular weight is 250 g/mol. The Bertz CT molecular complexity index is 366. The molecule has 1 aromatic carbocycles. The van der Waals surface area contributed by atoms with Crippen LogP contribution in [0.4, 0.5) is 0 Å². The molecule has 1 atom stereocenters. The normalized spacial score (nSPS) is 13.0. The summed E-state index contributed by atoms with van der Waals surface area (Å²) in [6, 6.07) is 6.53. The average Bonchev–Trinajstić information content (AvgIpc) is 2.32. The Morgan fingerprint density at radius 2 is 2.06 bits per heavy atom. The molecule has 0 fully saturated rings. The van der Waals surface area contributed by atoms with Crippen LogP contribution in [-0.2, 0) is 4.74 Å². The lowest BCUT2D eigenvalue weighted by atomic mass is 9.99. The minimum atomic E-state index is 0.0662. The van der Waals surface area contributed by atoms with Crippen molar-refractivity contribution < 1.29 is 4.74 Å². The molecule has 1 rings (SSSR count). The number of likely N-dealkylation sites (N-methyl/N-ethyl adjacent to an activating group) is 1. The zero-order valence-electron chi connectivity index (χ0n) is 12.1. The summed E-state index contributed by atoms with van der Waals surface area (Å²) in [6.45, 7) is 9.57. The Morgan fingerprint density at radius 3 is 2.72 bits per heavy atom. The van der Waals surface area contributed by atoms with E-state index in [0.717, 1.165) is 26.3 Å². The minimum Gasteiger partial charge on any atom is -0.380 e. The molecule has 0 amide bonds. The first-order valence-corrected chi connectivity index (χ1v) is 6.63. The summed E-state index contributed by atoms with van der Waals surface area (Å²) in [7, 11) is 2.09. The fourth-order valence-corrected chi connectivity index (χ4v) is 2.05. The fraction of sp³-hybridized carbons (Fsp3) is 0.600. The third-order valence-corrected chi connectivity index (χ3v) is 3.16. The summed E-state index contributed by atoms with van der Waals surface area (Å²) >= 11 is 0. The first kappa shape index (κ1) is 15.2. The fourth-order valence-electron chi connectivity index (χ4n) is 2.05. The number of benzene rings is 1. The van der Waals surface area contributed by atoms with E-state index in [0.29, 0.717) is 0 Å². The molecular formula is C15H26N2O. The molecule has 2 N–H and O–H groups in total. The summed E-state index contributed by atoms with van der Waals surface area (Å²) in [5.41, 5.74) is 10.1. The van der Waals surface area contributed by atoms with Crippen LogP contribution in [0.1, 0.15) is 29.7 Å². The maximum Gasteiger partial charge on any atom is 0.0593 e. The smallest absolute Gasteiger partial charge is 0.0593 e. The molecule has 0 heterocycles. The molecule has 0 saturated heterocycles. The second-order valence-corrected chi connectivity index (χ2v) is 4.93. The van der Waals surface area contributed by atoms with Crippen molar-refractivity contribution in [3.05, 3.63) is 34.9 Å². The van der Waals surface area contributed by atoms with Gasteiger partial charge in [-0.25, -0.2) is 0 Å². The Labute approximate surface area is 111 Å². The van der Waals surface area contributed by atoms with Gasteiger partial charge in [0.1, 0.15) is 0 Å². The highest BCUT2D eigenvalue weighted by Crippen LogP contribution is 2.18. The number of ether oxygens (including phenoxy) is 1. The molecule has 0 radical (unpaired) electrons. The van der Waals surface area contributed by atoms with Crippen molar-refractivity contribution in [2.45, 2.75) is 26.8 Å². The molecule has 1 aromatic rings. The van der Waals surface area contributed by atoms with Crippen LogP contribution in [0.5, 0.6) is 0 Å². The SMILES string of the molecule is CCOCCN(C)CC(N)c1cc(C)ccc1C. The van der Waals surface area contributed by atoms with Gasteiger partial charge in [-0.2, -0.15) is 0 Å². The lowest BCUT2D eigenvalue weighted by Crippen LogP contribution is -2.32. The van der Waals surface area contributed by atoms with Gasteiger partial charge in [0.15, 0.2) is 0 Å². The lowest BCUT2D eigenvalue weighted by molar-refractivity contribution is 0.120. The number of hydrogen-bond acceptors (Lipinski definition) is 3. The lowest BCUT2D eigenvalue weighted by Gasteiger charge is -2.22. The summed E-state index contributed by atoms with van der Waals surface area (Å²) in [6.07, 6.45) is 0. The van der Waals surface area contributed by atoms with Crippen LogP contribution in [0.25, 0.3) is 0 Å². The number of nitrogens with zero attached hydrogens (tertiary/aromatic N) is 1. The number of aryl methyl sites for hydroxylation is 2. The minimum absolute atomic E-state index is 0.0662. The van der Waals surface area contributed by atoms with Crippen molar-refractivity contribution in [1.82, 2.24) is 4.90 Å². The molecule has 0 aromatic heterocycles. The molecule has 3 nitrogen and oxygen atoms in total. The van der Waals surface area contributed by atoms with E-state index in [4.69, 9.17) is 10.5 Å². The van der Waals surface area contributed by atoms with Gasteiger partial charge in [0.05, 0.1) is 6.61 Å². The third-order valence-electron chi connectivity index (χ3n) is 3.16. The van der Waals surface area contributed by atoms with Crippen LogP contribution in [0.3, 0.4) is 0 Å². The Kier molecular flexibility index (Phi) is 6.33. The van der Waals surface area contributed by atoms with Crippen molar-refractivity contribution in [3.63, 3.8) is 0 Å². The maximum absolute atomic E-state index is 6.29. The molecule has 1 unspecified atom stereocenters. The number of hydrogen-bond donors (Lipinski definition) is 1. The van der Waals surface area contributed by atoms with Gasteiger partial charge in [0.25, 0.3) is 0 Å². The van der Waals surface area contributed by atoms with E-state index in [9.17, 15) is 0 Å². The highest BCUT2D eigenvalue weighted by Gasteiger charge is 2.11. The highest BCUT2D eigenvalue weighted by atomic mass is 16.5. The second kappa shape index (κ2) is 7.52. The Hall–Kier alpha value is -0.900. The molecule has 3 heteroatoms. The number of rotatable bonds is 7. The van der Waals surface area contributed by atoms with Crippen molar-refractivity contribution in [3.8, 4) is 0 Å². The van der Waals surface area contributed by atoms with Gasteiger partial charge in [-0.15, -0.1) is 0 Å². The largest absolute Gasteiger partial charge is 0.380 e. The van der Waals surface area contributed by atoms with Crippen LogP contribution < -0.4 is 5.73 Å². The van der Waals surface area contributed by atoms with E-state index in [1.165, 1.54) is 16.7 Å². The predicted octanol–water partition coefficient (Wildman–Crippen LogP) is 2.27. The zero-order chi connectivity index (χ0) is 13.5. The summed E-state index contributed by atoms with van der Waals surface area (Å²) in [5.74, 6) is 0. The van der Waals surface area contributed by atoms with E-state index < -0.39 is 0 Å². The Morgan fingerprint density at radius 1 is 1.33 bits per heavy atom. The molecule has 0 aliphatic heterocycles. The van der Waals surface area contributed by atoms with Crippen LogP contribution in [0.2, 0.25) is 0 Å². The molecule has 0 bridgehead atoms. The Balaban J connectivity index is 2.53. The highest BCUT2D eigenvalue weighted by molar-refractivity contribution is 5.32. The van der Waals surface area contributed by atoms with Gasteiger partial charge < -0.3 is 15.4 Å². The van der Waals surface area contributed by atoms with E-state index >= 15 is 0 Å². The quantitative estimate of drug-likeness (QED) is 0.755. The van der Waals surface area contributed by atoms with Crippen molar-refractivity contribution in [2.75, 3.05) is 33.4 Å². The summed E-state index contributed by atoms with van der Waals surface area (Å²) in [4.78, 5) is 2.22. The molecular weight excluding hydrogens is 224 g/mol. The first-order chi connectivity index (χ1) is 8.54. The second-order valence-electron chi connectivity index (χ2n) is 4.93. The topological polar surface area (TPSA) is 38.5 Å². The van der Waals surface area contributed by atoms with Gasteiger partial charge in [0, 0.05) is 25.7 Å². The van der Waals surface area contributed by atoms with E-state index in [1.54, 1.807) is 0 Å². The van der Waals surface area contributed by atoms with Crippen molar-refractivity contribution in [1.29, 1.82) is 0 Å². The monoisotopic (exact) mass is 250 g/mol. The van der Waals surface area contributed by atoms with Crippen LogP contribution in [0, 0.1) is 13.8 Å². The summed E-state index contributed by atoms with van der Waals surface area (Å²) in [5, 5.41) is 0. The van der Waals surface area contributed by atoms with Crippen LogP contribution in [0.15, 0.2) is 18.2 Å². The van der Waals surface area contributed by atoms with Gasteiger partial charge in [-0.05, 0) is 38.9 Å². The van der Waals surface area contributed by atoms with E-state index in [1.807, 2.05) is 6.92 Å².